The molecule has 0 unspecified atom stereocenters. The monoisotopic (exact) mass is 415 g/mol. The van der Waals surface area contributed by atoms with Crippen LogP contribution in [0.1, 0.15) is 34.6 Å². The van der Waals surface area contributed by atoms with Crippen LogP contribution in [0.4, 0.5) is 4.39 Å². The average molecular weight is 415 g/mol. The molecule has 31 heavy (non-hydrogen) atoms. The van der Waals surface area contributed by atoms with E-state index in [1.807, 2.05) is 25.1 Å². The Morgan fingerprint density at radius 2 is 2.06 bits per heavy atom. The minimum Gasteiger partial charge on any atom is -0.461 e. The Labute approximate surface area is 178 Å². The first-order valence-corrected chi connectivity index (χ1v) is 9.68. The highest BCUT2D eigenvalue weighted by molar-refractivity contribution is 6.02. The third-order valence-corrected chi connectivity index (χ3v) is 4.39. The van der Waals surface area contributed by atoms with Gasteiger partial charge in [-0.25, -0.2) is 24.1 Å². The fraction of sp³-hybridized carbons (Fsp3) is 0.167. The van der Waals surface area contributed by atoms with Gasteiger partial charge in [0.15, 0.2) is 11.5 Å². The molecule has 0 atom stereocenters. The van der Waals surface area contributed by atoms with Crippen molar-refractivity contribution in [3.63, 3.8) is 0 Å². The number of benzene rings is 2. The van der Waals surface area contributed by atoms with E-state index in [2.05, 4.69) is 26.8 Å². The van der Waals surface area contributed by atoms with Crippen LogP contribution in [-0.2, 0) is 11.2 Å². The predicted octanol–water partition coefficient (Wildman–Crippen LogP) is 4.50. The number of oxazole rings is 1. The van der Waals surface area contributed by atoms with Gasteiger partial charge >= 0.3 is 5.97 Å². The van der Waals surface area contributed by atoms with Crippen molar-refractivity contribution < 1.29 is 18.3 Å². The van der Waals surface area contributed by atoms with Crippen molar-refractivity contribution in [3.05, 3.63) is 77.4 Å². The molecular formula is C24H18FN3O3. The van der Waals surface area contributed by atoms with E-state index < -0.39 is 11.8 Å². The van der Waals surface area contributed by atoms with Crippen LogP contribution < -0.4 is 0 Å². The lowest BCUT2D eigenvalue weighted by Gasteiger charge is -2.09. The Bertz CT molecular complexity index is 1330. The summed E-state index contributed by atoms with van der Waals surface area (Å²) in [7, 11) is 0. The third-order valence-electron chi connectivity index (χ3n) is 4.39. The molecule has 4 rings (SSSR count). The van der Waals surface area contributed by atoms with Crippen LogP contribution in [0.3, 0.4) is 0 Å². The van der Waals surface area contributed by atoms with Crippen LogP contribution in [0.5, 0.6) is 0 Å². The summed E-state index contributed by atoms with van der Waals surface area (Å²) in [5.74, 6) is 6.63. The van der Waals surface area contributed by atoms with Crippen LogP contribution >= 0.6 is 0 Å². The number of esters is 1. The molecule has 4 aromatic rings. The molecule has 0 bridgehead atoms. The van der Waals surface area contributed by atoms with Crippen LogP contribution in [0.25, 0.3) is 22.3 Å². The van der Waals surface area contributed by atoms with Crippen LogP contribution in [0, 0.1) is 24.6 Å². The minimum absolute atomic E-state index is 0.0950. The molecule has 154 valence electrons. The number of hydrogen-bond acceptors (Lipinski definition) is 6. The first-order valence-electron chi connectivity index (χ1n) is 9.68. The van der Waals surface area contributed by atoms with Crippen molar-refractivity contribution in [2.75, 3.05) is 6.61 Å². The zero-order chi connectivity index (χ0) is 21.8. The summed E-state index contributed by atoms with van der Waals surface area (Å²) in [6.45, 7) is 3.74. The standard InChI is InChI=1S/C24H18FN3O3/c1-3-30-24(29)22-19-11-10-18(25)13-20(19)27-23(28-22)17-8-4-6-16(12-17)7-5-9-21-26-14-15(2)31-21/h4,6,8,10-14H,3,9H2,1-2H3. The molecule has 2 heterocycles. The lowest BCUT2D eigenvalue weighted by Crippen LogP contribution is -2.10. The molecule has 0 saturated carbocycles. The average Bonchev–Trinajstić information content (AvgIpc) is 3.18. The van der Waals surface area contributed by atoms with Crippen LogP contribution in [0.15, 0.2) is 53.1 Å². The van der Waals surface area contributed by atoms with Crippen molar-refractivity contribution in [1.82, 2.24) is 15.0 Å². The maximum atomic E-state index is 13.8. The molecule has 0 fully saturated rings. The highest BCUT2D eigenvalue weighted by Gasteiger charge is 2.17. The SMILES string of the molecule is CCOC(=O)c1nc(-c2cccc(C#CCc3ncc(C)o3)c2)nc2cc(F)ccc12. The Hall–Kier alpha value is -4.05. The highest BCUT2D eigenvalue weighted by atomic mass is 19.1. The molecule has 0 spiro atoms. The normalized spacial score (nSPS) is 10.5. The molecule has 2 aromatic heterocycles. The second-order valence-corrected chi connectivity index (χ2v) is 6.70. The van der Waals surface area contributed by atoms with Gasteiger partial charge in [0.1, 0.15) is 11.6 Å². The van der Waals surface area contributed by atoms with E-state index in [9.17, 15) is 9.18 Å². The van der Waals surface area contributed by atoms with E-state index in [1.165, 1.54) is 18.2 Å². The summed E-state index contributed by atoms with van der Waals surface area (Å²) in [6, 6.07) is 11.3. The van der Waals surface area contributed by atoms with Gasteiger partial charge in [0.05, 0.1) is 24.7 Å². The van der Waals surface area contributed by atoms with Crippen molar-refractivity contribution in [3.8, 4) is 23.2 Å². The fourth-order valence-corrected chi connectivity index (χ4v) is 3.03. The highest BCUT2D eigenvalue weighted by Crippen LogP contribution is 2.24. The molecule has 0 aliphatic heterocycles. The number of carbonyl (C=O) groups is 1. The number of aromatic nitrogens is 3. The van der Waals surface area contributed by atoms with Crippen molar-refractivity contribution in [2.45, 2.75) is 20.3 Å². The number of hydrogen-bond donors (Lipinski definition) is 0. The molecule has 0 N–H and O–H groups in total. The molecule has 6 nitrogen and oxygen atoms in total. The smallest absolute Gasteiger partial charge is 0.357 e. The van der Waals surface area contributed by atoms with E-state index in [0.717, 1.165) is 11.3 Å². The first kappa shape index (κ1) is 20.2. The van der Waals surface area contributed by atoms with E-state index in [1.54, 1.807) is 19.2 Å². The summed E-state index contributed by atoms with van der Waals surface area (Å²) in [6.07, 6.45) is 2.04. The van der Waals surface area contributed by atoms with E-state index in [-0.39, 0.29) is 18.1 Å². The molecule has 0 aliphatic carbocycles. The van der Waals surface area contributed by atoms with Gasteiger partial charge in [-0.2, -0.15) is 0 Å². The Kier molecular flexibility index (Phi) is 5.72. The Morgan fingerprint density at radius 1 is 1.19 bits per heavy atom. The molecule has 0 radical (unpaired) electrons. The summed E-state index contributed by atoms with van der Waals surface area (Å²) in [4.78, 5) is 25.4. The number of fused-ring (bicyclic) bond motifs is 1. The number of halogens is 1. The zero-order valence-electron chi connectivity index (χ0n) is 17.0. The van der Waals surface area contributed by atoms with Crippen LogP contribution in [-0.4, -0.2) is 27.5 Å². The topological polar surface area (TPSA) is 78.1 Å². The number of aryl methyl sites for hydroxylation is 1. The Balaban J connectivity index is 1.71. The molecule has 0 aliphatic rings. The van der Waals surface area contributed by atoms with E-state index >= 15 is 0 Å². The number of rotatable bonds is 4. The van der Waals surface area contributed by atoms with Crippen LogP contribution in [0.2, 0.25) is 0 Å². The zero-order valence-corrected chi connectivity index (χ0v) is 17.0. The van der Waals surface area contributed by atoms with Gasteiger partial charge in [0.25, 0.3) is 0 Å². The number of nitrogens with zero attached hydrogens (tertiary/aromatic N) is 3. The third kappa shape index (κ3) is 4.59. The molecular weight excluding hydrogens is 397 g/mol. The minimum atomic E-state index is -0.583. The maximum absolute atomic E-state index is 13.8. The van der Waals surface area contributed by atoms with Gasteiger partial charge in [0, 0.05) is 22.6 Å². The Morgan fingerprint density at radius 3 is 2.84 bits per heavy atom. The van der Waals surface area contributed by atoms with Crippen molar-refractivity contribution in [1.29, 1.82) is 0 Å². The number of ether oxygens (including phenoxy) is 1. The molecule has 0 saturated heterocycles. The first-order chi connectivity index (χ1) is 15.0. The molecule has 7 heteroatoms. The van der Waals surface area contributed by atoms with E-state index in [0.29, 0.717) is 28.8 Å². The van der Waals surface area contributed by atoms with Gasteiger partial charge in [-0.05, 0) is 38.1 Å². The summed E-state index contributed by atoms with van der Waals surface area (Å²) < 4.78 is 24.3. The second kappa shape index (κ2) is 8.76. The largest absolute Gasteiger partial charge is 0.461 e. The summed E-state index contributed by atoms with van der Waals surface area (Å²) >= 11 is 0. The second-order valence-electron chi connectivity index (χ2n) is 6.70. The fourth-order valence-electron chi connectivity index (χ4n) is 3.03. The summed E-state index contributed by atoms with van der Waals surface area (Å²) in [5, 5.41) is 0.431. The van der Waals surface area contributed by atoms with E-state index in [4.69, 9.17) is 9.15 Å². The summed E-state index contributed by atoms with van der Waals surface area (Å²) in [5.41, 5.74) is 1.80. The molecule has 2 aromatic carbocycles. The van der Waals surface area contributed by atoms with Gasteiger partial charge in [-0.1, -0.05) is 24.0 Å². The van der Waals surface area contributed by atoms with Gasteiger partial charge in [-0.3, -0.25) is 0 Å². The van der Waals surface area contributed by atoms with Gasteiger partial charge < -0.3 is 9.15 Å². The van der Waals surface area contributed by atoms with Crippen molar-refractivity contribution in [2.24, 2.45) is 0 Å². The lowest BCUT2D eigenvalue weighted by atomic mass is 10.1. The maximum Gasteiger partial charge on any atom is 0.357 e. The molecule has 0 amide bonds. The predicted molar refractivity (Wildman–Crippen MR) is 113 cm³/mol. The number of carbonyl (C=O) groups excluding carboxylic acids is 1. The van der Waals surface area contributed by atoms with Crippen molar-refractivity contribution >= 4 is 16.9 Å². The lowest BCUT2D eigenvalue weighted by molar-refractivity contribution is 0.0522. The van der Waals surface area contributed by atoms with Gasteiger partial charge in [0.2, 0.25) is 5.89 Å². The quantitative estimate of drug-likeness (QED) is 0.361. The van der Waals surface area contributed by atoms with Gasteiger partial charge in [-0.15, -0.1) is 0 Å².